The van der Waals surface area contributed by atoms with E-state index in [2.05, 4.69) is 0 Å². The van der Waals surface area contributed by atoms with Crippen LogP contribution in [0, 0.1) is 0 Å². The number of aromatic nitrogens is 1. The largest absolute Gasteiger partial charge is 0.481 e. The van der Waals surface area contributed by atoms with E-state index < -0.39 is 5.97 Å². The lowest BCUT2D eigenvalue weighted by molar-refractivity contribution is -0.137. The smallest absolute Gasteiger partial charge is 0.303 e. The van der Waals surface area contributed by atoms with E-state index in [0.29, 0.717) is 18.7 Å². The van der Waals surface area contributed by atoms with E-state index in [0.717, 1.165) is 6.29 Å². The molecule has 0 fully saturated rings. The Morgan fingerprint density at radius 1 is 1.62 bits per heavy atom. The van der Waals surface area contributed by atoms with Gasteiger partial charge in [0.1, 0.15) is 0 Å². The minimum Gasteiger partial charge on any atom is -0.481 e. The molecule has 0 bridgehead atoms. The minimum atomic E-state index is -0.806. The van der Waals surface area contributed by atoms with Crippen molar-refractivity contribution in [2.75, 3.05) is 0 Å². The van der Waals surface area contributed by atoms with Gasteiger partial charge in [-0.25, -0.2) is 0 Å². The van der Waals surface area contributed by atoms with E-state index in [1.807, 2.05) is 0 Å². The molecular weight excluding hydrogens is 170 g/mol. The summed E-state index contributed by atoms with van der Waals surface area (Å²) in [5.41, 5.74) is 0.588. The molecule has 0 aliphatic rings. The van der Waals surface area contributed by atoms with Gasteiger partial charge in [0.25, 0.3) is 0 Å². The summed E-state index contributed by atoms with van der Waals surface area (Å²) in [6, 6.07) is 3.47. The van der Waals surface area contributed by atoms with Crippen molar-refractivity contribution < 1.29 is 14.7 Å². The summed E-state index contributed by atoms with van der Waals surface area (Å²) in [4.78, 5) is 20.7. The van der Waals surface area contributed by atoms with Crippen molar-refractivity contribution in [1.29, 1.82) is 0 Å². The molecule has 0 saturated carbocycles. The first kappa shape index (κ1) is 9.51. The Morgan fingerprint density at radius 3 is 3.00 bits per heavy atom. The lowest BCUT2D eigenvalue weighted by Gasteiger charge is -2.02. The first-order chi connectivity index (χ1) is 6.24. The zero-order valence-corrected chi connectivity index (χ0v) is 7.14. The number of hydrogen-bond donors (Lipinski definition) is 1. The molecule has 0 spiro atoms. The average Bonchev–Trinajstić information content (AvgIpc) is 2.51. The fourth-order valence-electron chi connectivity index (χ4n) is 1.14. The predicted molar refractivity (Wildman–Crippen MR) is 46.7 cm³/mol. The van der Waals surface area contributed by atoms with E-state index in [-0.39, 0.29) is 6.42 Å². The number of aliphatic carboxylic acids is 1. The van der Waals surface area contributed by atoms with Gasteiger partial charge in [0.15, 0.2) is 6.29 Å². The first-order valence-electron chi connectivity index (χ1n) is 4.06. The highest BCUT2D eigenvalue weighted by atomic mass is 16.4. The molecule has 1 heterocycles. The second kappa shape index (κ2) is 4.45. The SMILES string of the molecule is O=Cc1cccn1CCCC(=O)O. The lowest BCUT2D eigenvalue weighted by atomic mass is 10.3. The minimum absolute atomic E-state index is 0.135. The van der Waals surface area contributed by atoms with Gasteiger partial charge in [0.2, 0.25) is 0 Å². The first-order valence-corrected chi connectivity index (χ1v) is 4.06. The molecule has 4 heteroatoms. The number of aldehydes is 1. The molecule has 70 valence electrons. The van der Waals surface area contributed by atoms with Crippen LogP contribution >= 0.6 is 0 Å². The highest BCUT2D eigenvalue weighted by Gasteiger charge is 2.00. The van der Waals surface area contributed by atoms with Crippen LogP contribution in [0.25, 0.3) is 0 Å². The molecular formula is C9H11NO3. The van der Waals surface area contributed by atoms with Crippen molar-refractivity contribution in [3.63, 3.8) is 0 Å². The molecule has 0 aromatic carbocycles. The van der Waals surface area contributed by atoms with Gasteiger partial charge < -0.3 is 9.67 Å². The number of carbonyl (C=O) groups excluding carboxylic acids is 1. The maximum absolute atomic E-state index is 10.4. The molecule has 0 aliphatic heterocycles. The molecule has 0 saturated heterocycles. The molecule has 0 radical (unpaired) electrons. The molecule has 1 aromatic rings. The zero-order chi connectivity index (χ0) is 9.68. The van der Waals surface area contributed by atoms with Gasteiger partial charge in [-0.2, -0.15) is 0 Å². The number of hydrogen-bond acceptors (Lipinski definition) is 2. The molecule has 4 nitrogen and oxygen atoms in total. The summed E-state index contributed by atoms with van der Waals surface area (Å²) < 4.78 is 1.75. The number of carboxylic acids is 1. The fraction of sp³-hybridized carbons (Fsp3) is 0.333. The van der Waals surface area contributed by atoms with Crippen molar-refractivity contribution >= 4 is 12.3 Å². The summed E-state index contributed by atoms with van der Waals surface area (Å²) >= 11 is 0. The number of rotatable bonds is 5. The third-order valence-corrected chi connectivity index (χ3v) is 1.78. The topological polar surface area (TPSA) is 59.3 Å². The van der Waals surface area contributed by atoms with Crippen molar-refractivity contribution in [2.24, 2.45) is 0 Å². The third kappa shape index (κ3) is 2.74. The summed E-state index contributed by atoms with van der Waals surface area (Å²) in [6.07, 6.45) is 3.22. The third-order valence-electron chi connectivity index (χ3n) is 1.78. The molecule has 0 atom stereocenters. The number of carboxylic acid groups (broad SMARTS) is 1. The van der Waals surface area contributed by atoms with Gasteiger partial charge in [-0.3, -0.25) is 9.59 Å². The molecule has 0 unspecified atom stereocenters. The zero-order valence-electron chi connectivity index (χ0n) is 7.14. The van der Waals surface area contributed by atoms with Gasteiger partial charge in [0, 0.05) is 19.2 Å². The fourth-order valence-corrected chi connectivity index (χ4v) is 1.14. The van der Waals surface area contributed by atoms with Gasteiger partial charge >= 0.3 is 5.97 Å². The average molecular weight is 181 g/mol. The van der Waals surface area contributed by atoms with E-state index >= 15 is 0 Å². The summed E-state index contributed by atoms with van der Waals surface area (Å²) in [5.74, 6) is -0.806. The second-order valence-corrected chi connectivity index (χ2v) is 2.74. The highest BCUT2D eigenvalue weighted by Crippen LogP contribution is 2.02. The normalized spacial score (nSPS) is 9.85. The van der Waals surface area contributed by atoms with E-state index in [1.165, 1.54) is 0 Å². The molecule has 1 rings (SSSR count). The predicted octanol–water partition coefficient (Wildman–Crippen LogP) is 1.17. The van der Waals surface area contributed by atoms with Crippen LogP contribution in [-0.4, -0.2) is 21.9 Å². The van der Waals surface area contributed by atoms with Gasteiger partial charge in [-0.05, 0) is 18.6 Å². The number of nitrogens with zero attached hydrogens (tertiary/aromatic N) is 1. The Kier molecular flexibility index (Phi) is 3.25. The second-order valence-electron chi connectivity index (χ2n) is 2.74. The number of aryl methyl sites for hydroxylation is 1. The Labute approximate surface area is 75.8 Å². The van der Waals surface area contributed by atoms with Gasteiger partial charge in [-0.1, -0.05) is 0 Å². The Bertz CT molecular complexity index is 304. The molecule has 0 amide bonds. The summed E-state index contributed by atoms with van der Waals surface area (Å²) in [6.45, 7) is 0.577. The Morgan fingerprint density at radius 2 is 2.38 bits per heavy atom. The summed E-state index contributed by atoms with van der Waals surface area (Å²) in [5, 5.41) is 8.39. The van der Waals surface area contributed by atoms with E-state index in [1.54, 1.807) is 22.9 Å². The van der Waals surface area contributed by atoms with Gasteiger partial charge in [-0.15, -0.1) is 0 Å². The molecule has 0 aliphatic carbocycles. The lowest BCUT2D eigenvalue weighted by Crippen LogP contribution is -2.03. The number of carbonyl (C=O) groups is 2. The van der Waals surface area contributed by atoms with Crippen LogP contribution in [0.2, 0.25) is 0 Å². The highest BCUT2D eigenvalue weighted by molar-refractivity contribution is 5.72. The molecule has 1 N–H and O–H groups in total. The van der Waals surface area contributed by atoms with E-state index in [9.17, 15) is 9.59 Å². The van der Waals surface area contributed by atoms with Crippen LogP contribution in [0.4, 0.5) is 0 Å². The van der Waals surface area contributed by atoms with Crippen LogP contribution < -0.4 is 0 Å². The molecule has 13 heavy (non-hydrogen) atoms. The maximum Gasteiger partial charge on any atom is 0.303 e. The van der Waals surface area contributed by atoms with Crippen molar-refractivity contribution in [1.82, 2.24) is 4.57 Å². The van der Waals surface area contributed by atoms with Crippen molar-refractivity contribution in [3.05, 3.63) is 24.0 Å². The molecule has 1 aromatic heterocycles. The van der Waals surface area contributed by atoms with Crippen LogP contribution in [0.3, 0.4) is 0 Å². The van der Waals surface area contributed by atoms with Gasteiger partial charge in [0.05, 0.1) is 5.69 Å². The quantitative estimate of drug-likeness (QED) is 0.693. The van der Waals surface area contributed by atoms with Crippen LogP contribution in [0.1, 0.15) is 23.3 Å². The van der Waals surface area contributed by atoms with Crippen LogP contribution in [0.15, 0.2) is 18.3 Å². The summed E-state index contributed by atoms with van der Waals surface area (Å²) in [7, 11) is 0. The van der Waals surface area contributed by atoms with Crippen molar-refractivity contribution in [3.8, 4) is 0 Å². The maximum atomic E-state index is 10.4. The van der Waals surface area contributed by atoms with E-state index in [4.69, 9.17) is 5.11 Å². The Balaban J connectivity index is 2.44. The standard InChI is InChI=1S/C9H11NO3/c11-7-8-3-1-5-10(8)6-2-4-9(12)13/h1,3,5,7H,2,4,6H2,(H,12,13). The van der Waals surface area contributed by atoms with Crippen LogP contribution in [-0.2, 0) is 11.3 Å². The Hall–Kier alpha value is -1.58. The monoisotopic (exact) mass is 181 g/mol. The van der Waals surface area contributed by atoms with Crippen molar-refractivity contribution in [2.45, 2.75) is 19.4 Å². The van der Waals surface area contributed by atoms with Crippen LogP contribution in [0.5, 0.6) is 0 Å².